The number of nitrogens with zero attached hydrogens (tertiary/aromatic N) is 3. The maximum atomic E-state index is 13.5. The van der Waals surface area contributed by atoms with Gasteiger partial charge in [-0.1, -0.05) is 36.2 Å². The molecule has 0 saturated heterocycles. The first-order chi connectivity index (χ1) is 17.6. The summed E-state index contributed by atoms with van der Waals surface area (Å²) in [6, 6.07) is 13.2. The van der Waals surface area contributed by atoms with Gasteiger partial charge >= 0.3 is 5.97 Å². The molecule has 1 aliphatic heterocycles. The Kier molecular flexibility index (Phi) is 6.88. The average molecular weight is 492 g/mol. The lowest BCUT2D eigenvalue weighted by molar-refractivity contribution is -0.156. The second-order valence-corrected chi connectivity index (χ2v) is 9.06. The molecule has 0 unspecified atom stereocenters. The molecule has 0 spiro atoms. The minimum atomic E-state index is -0.479. The fraction of sp³-hybridized carbons (Fsp3) is 0.407. The van der Waals surface area contributed by atoms with Crippen molar-refractivity contribution in [1.29, 1.82) is 0 Å². The van der Waals surface area contributed by atoms with E-state index in [1.807, 2.05) is 23.1 Å². The molecule has 9 nitrogen and oxygen atoms in total. The second-order valence-electron chi connectivity index (χ2n) is 9.06. The number of fused-ring (bicyclic) bond motifs is 1. The van der Waals surface area contributed by atoms with Crippen LogP contribution in [0, 0.1) is 11.8 Å². The number of rotatable bonds is 7. The van der Waals surface area contributed by atoms with E-state index in [4.69, 9.17) is 18.7 Å². The maximum absolute atomic E-state index is 13.5. The van der Waals surface area contributed by atoms with Gasteiger partial charge in [0.15, 0.2) is 18.1 Å². The van der Waals surface area contributed by atoms with Crippen LogP contribution in [0.1, 0.15) is 37.1 Å². The van der Waals surface area contributed by atoms with Gasteiger partial charge in [-0.05, 0) is 49.1 Å². The molecule has 0 N–H and O–H groups in total. The van der Waals surface area contributed by atoms with E-state index in [9.17, 15) is 9.59 Å². The van der Waals surface area contributed by atoms with E-state index in [0.717, 1.165) is 24.9 Å². The quantitative estimate of drug-likeness (QED) is 0.453. The molecule has 1 saturated carbocycles. The van der Waals surface area contributed by atoms with Crippen LogP contribution in [-0.4, -0.2) is 42.8 Å². The summed E-state index contributed by atoms with van der Waals surface area (Å²) >= 11 is 0. The Morgan fingerprint density at radius 3 is 2.61 bits per heavy atom. The third-order valence-electron chi connectivity index (χ3n) is 6.99. The first kappa shape index (κ1) is 23.8. The van der Waals surface area contributed by atoms with Crippen molar-refractivity contribution < 1.29 is 28.3 Å². The fourth-order valence-electron chi connectivity index (χ4n) is 5.12. The predicted octanol–water partition coefficient (Wildman–Crippen LogP) is 4.19. The molecule has 1 fully saturated rings. The monoisotopic (exact) mass is 491 g/mol. The van der Waals surface area contributed by atoms with E-state index in [-0.39, 0.29) is 24.3 Å². The van der Waals surface area contributed by atoms with Crippen molar-refractivity contribution in [2.45, 2.75) is 38.7 Å². The van der Waals surface area contributed by atoms with Crippen LogP contribution >= 0.6 is 0 Å². The highest BCUT2D eigenvalue weighted by Gasteiger charge is 2.40. The van der Waals surface area contributed by atoms with Crippen molar-refractivity contribution in [1.82, 2.24) is 10.1 Å². The number of esters is 1. The number of benzene rings is 2. The van der Waals surface area contributed by atoms with Gasteiger partial charge in [0.05, 0.1) is 26.1 Å². The summed E-state index contributed by atoms with van der Waals surface area (Å²) in [5.74, 6) is 0.409. The zero-order chi connectivity index (χ0) is 25.1. The van der Waals surface area contributed by atoms with E-state index in [0.29, 0.717) is 42.3 Å². The van der Waals surface area contributed by atoms with Crippen LogP contribution < -0.4 is 14.4 Å². The summed E-state index contributed by atoms with van der Waals surface area (Å²) in [5, 5.41) is 3.99. The van der Waals surface area contributed by atoms with E-state index >= 15 is 0 Å². The van der Waals surface area contributed by atoms with Gasteiger partial charge in [0.25, 0.3) is 5.89 Å². The van der Waals surface area contributed by atoms with Crippen molar-refractivity contribution in [3.8, 4) is 22.9 Å². The summed E-state index contributed by atoms with van der Waals surface area (Å²) in [6.07, 6.45) is 3.97. The highest BCUT2D eigenvalue weighted by atomic mass is 16.6. The molecule has 2 atom stereocenters. The Hall–Kier alpha value is -3.88. The number of carbonyl (C=O) groups excluding carboxylic acids is 2. The van der Waals surface area contributed by atoms with E-state index in [1.54, 1.807) is 32.4 Å². The highest BCUT2D eigenvalue weighted by molar-refractivity contribution is 5.99. The van der Waals surface area contributed by atoms with Gasteiger partial charge in [0.2, 0.25) is 11.7 Å². The van der Waals surface area contributed by atoms with Crippen molar-refractivity contribution >= 4 is 17.6 Å². The summed E-state index contributed by atoms with van der Waals surface area (Å²) in [6.45, 7) is 0.500. The van der Waals surface area contributed by atoms with Gasteiger partial charge < -0.3 is 23.6 Å². The first-order valence-corrected chi connectivity index (χ1v) is 12.2. The molecule has 2 aliphatic rings. The molecule has 36 heavy (non-hydrogen) atoms. The van der Waals surface area contributed by atoms with Gasteiger partial charge in [-0.25, -0.2) is 0 Å². The number of para-hydroxylation sites is 1. The molecule has 9 heteroatoms. The van der Waals surface area contributed by atoms with Crippen LogP contribution in [0.3, 0.4) is 0 Å². The van der Waals surface area contributed by atoms with Crippen LogP contribution in [0.4, 0.5) is 5.69 Å². The zero-order valence-electron chi connectivity index (χ0n) is 20.4. The first-order valence-electron chi connectivity index (χ1n) is 12.2. The van der Waals surface area contributed by atoms with Crippen molar-refractivity contribution in [3.05, 3.63) is 53.9 Å². The Bertz CT molecular complexity index is 1260. The Labute approximate surface area is 209 Å². The third-order valence-corrected chi connectivity index (χ3v) is 6.99. The van der Waals surface area contributed by atoms with Gasteiger partial charge in [-0.2, -0.15) is 4.98 Å². The molecule has 1 aliphatic carbocycles. The number of carbonyl (C=O) groups is 2. The molecule has 1 aromatic heterocycles. The Morgan fingerprint density at radius 2 is 1.81 bits per heavy atom. The number of ether oxygens (including phenoxy) is 3. The molecule has 188 valence electrons. The minimum absolute atomic E-state index is 0.00938. The smallest absolute Gasteiger partial charge is 0.310 e. The summed E-state index contributed by atoms with van der Waals surface area (Å²) in [5.41, 5.74) is 2.80. The third kappa shape index (κ3) is 4.65. The number of amides is 1. The predicted molar refractivity (Wildman–Crippen MR) is 131 cm³/mol. The van der Waals surface area contributed by atoms with Gasteiger partial charge in [0, 0.05) is 17.8 Å². The van der Waals surface area contributed by atoms with Crippen LogP contribution in [0.25, 0.3) is 11.4 Å². The van der Waals surface area contributed by atoms with Crippen LogP contribution in [0.5, 0.6) is 11.5 Å². The molecule has 3 aromatic rings. The largest absolute Gasteiger partial charge is 0.493 e. The molecule has 0 bridgehead atoms. The van der Waals surface area contributed by atoms with Crippen LogP contribution in [0.2, 0.25) is 0 Å². The number of aromatic nitrogens is 2. The van der Waals surface area contributed by atoms with Crippen molar-refractivity contribution in [2.75, 3.05) is 25.7 Å². The number of hydrogen-bond acceptors (Lipinski definition) is 8. The number of anilines is 1. The van der Waals surface area contributed by atoms with Crippen LogP contribution in [-0.2, 0) is 27.4 Å². The minimum Gasteiger partial charge on any atom is -0.493 e. The lowest BCUT2D eigenvalue weighted by atomic mass is 9.78. The average Bonchev–Trinajstić information content (AvgIpc) is 3.58. The lowest BCUT2D eigenvalue weighted by Crippen LogP contribution is -2.42. The molecule has 1 amide bonds. The molecular weight excluding hydrogens is 462 g/mol. The second kappa shape index (κ2) is 10.4. The van der Waals surface area contributed by atoms with Gasteiger partial charge in [-0.3, -0.25) is 9.59 Å². The maximum Gasteiger partial charge on any atom is 0.310 e. The summed E-state index contributed by atoms with van der Waals surface area (Å²) in [7, 11) is 3.11. The van der Waals surface area contributed by atoms with Crippen molar-refractivity contribution in [3.63, 3.8) is 0 Å². The normalized spacial score (nSPS) is 19.0. The van der Waals surface area contributed by atoms with Crippen molar-refractivity contribution in [2.24, 2.45) is 11.8 Å². The Balaban J connectivity index is 1.24. The molecule has 5 rings (SSSR count). The molecule has 0 radical (unpaired) electrons. The van der Waals surface area contributed by atoms with E-state index in [1.165, 1.54) is 5.56 Å². The van der Waals surface area contributed by atoms with E-state index in [2.05, 4.69) is 16.2 Å². The van der Waals surface area contributed by atoms with Gasteiger partial charge in [0.1, 0.15) is 0 Å². The topological polar surface area (TPSA) is 104 Å². The number of hydrogen-bond donors (Lipinski definition) is 0. The fourth-order valence-corrected chi connectivity index (χ4v) is 5.12. The standard InChI is InChI=1S/C27H29N3O6/c1-33-22-12-11-18(15-23(22)34-2)25-28-24(36-29-25)16-35-27(32)20-9-5-4-8-19(20)26(31)30-14-13-17-7-3-6-10-21(17)30/h3,6-7,10-12,15,19-20H,4-5,8-9,13-14,16H2,1-2H3/t19-,20+/m1/s1. The highest BCUT2D eigenvalue weighted by Crippen LogP contribution is 2.36. The molecule has 2 heterocycles. The number of methoxy groups -OCH3 is 2. The molecular formula is C27H29N3O6. The van der Waals surface area contributed by atoms with Gasteiger partial charge in [-0.15, -0.1) is 0 Å². The van der Waals surface area contributed by atoms with Crippen LogP contribution in [0.15, 0.2) is 47.0 Å². The summed E-state index contributed by atoms with van der Waals surface area (Å²) < 4.78 is 21.4. The Morgan fingerprint density at radius 1 is 1.03 bits per heavy atom. The SMILES string of the molecule is COc1ccc(-c2noc(COC(=O)[C@H]3CCCC[C@H]3C(=O)N3CCc4ccccc43)n2)cc1OC. The molecule has 2 aromatic carbocycles. The summed E-state index contributed by atoms with van der Waals surface area (Å²) in [4.78, 5) is 32.7. The van der Waals surface area contributed by atoms with E-state index < -0.39 is 11.9 Å². The lowest BCUT2D eigenvalue weighted by Gasteiger charge is -2.32. The zero-order valence-corrected chi connectivity index (χ0v) is 20.4.